The highest BCUT2D eigenvalue weighted by Crippen LogP contribution is 2.46. The van der Waals surface area contributed by atoms with E-state index in [-0.39, 0.29) is 11.7 Å². The quantitative estimate of drug-likeness (QED) is 0.706. The number of rotatable bonds is 3. The second kappa shape index (κ2) is 4.58. The molecule has 1 aliphatic rings. The van der Waals surface area contributed by atoms with E-state index in [4.69, 9.17) is 0 Å². The Morgan fingerprint density at radius 3 is 2.47 bits per heavy atom. The zero-order chi connectivity index (χ0) is 11.6. The monoisotopic (exact) mass is 218 g/mol. The molecular weight excluding hydrogens is 198 g/mol. The summed E-state index contributed by atoms with van der Waals surface area (Å²) in [5.74, 6) is -3.91. The topological polar surface area (TPSA) is 17.1 Å². The lowest BCUT2D eigenvalue weighted by Crippen LogP contribution is -2.43. The summed E-state index contributed by atoms with van der Waals surface area (Å²) in [5.41, 5.74) is 0. The maximum absolute atomic E-state index is 13.8. The molecule has 15 heavy (non-hydrogen) atoms. The van der Waals surface area contributed by atoms with Gasteiger partial charge in [-0.25, -0.2) is 8.78 Å². The van der Waals surface area contributed by atoms with Crippen LogP contribution in [-0.2, 0) is 4.79 Å². The number of halogens is 2. The van der Waals surface area contributed by atoms with E-state index in [1.54, 1.807) is 6.92 Å². The lowest BCUT2D eigenvalue weighted by molar-refractivity contribution is -0.150. The molecule has 0 N–H and O–H groups in total. The first-order chi connectivity index (χ1) is 6.89. The third kappa shape index (κ3) is 2.56. The van der Waals surface area contributed by atoms with Crippen molar-refractivity contribution in [3.63, 3.8) is 0 Å². The second-order valence-electron chi connectivity index (χ2n) is 4.84. The van der Waals surface area contributed by atoms with Crippen LogP contribution in [0.1, 0.15) is 46.5 Å². The van der Waals surface area contributed by atoms with Gasteiger partial charge in [0, 0.05) is 17.8 Å². The van der Waals surface area contributed by atoms with E-state index in [0.717, 1.165) is 6.42 Å². The fourth-order valence-corrected chi connectivity index (χ4v) is 2.57. The van der Waals surface area contributed by atoms with Crippen LogP contribution in [0.5, 0.6) is 0 Å². The number of carbonyl (C=O) groups excluding carboxylic acids is 1. The van der Waals surface area contributed by atoms with Gasteiger partial charge < -0.3 is 0 Å². The minimum absolute atomic E-state index is 0.0680. The minimum atomic E-state index is -2.58. The average Bonchev–Trinajstić information content (AvgIpc) is 2.13. The van der Waals surface area contributed by atoms with E-state index in [0.29, 0.717) is 19.3 Å². The van der Waals surface area contributed by atoms with Gasteiger partial charge >= 0.3 is 0 Å². The maximum Gasteiger partial charge on any atom is 0.253 e. The fourth-order valence-electron chi connectivity index (χ4n) is 2.57. The molecule has 0 amide bonds. The van der Waals surface area contributed by atoms with Gasteiger partial charge in [-0.15, -0.1) is 0 Å². The van der Waals surface area contributed by atoms with Crippen molar-refractivity contribution in [2.75, 3.05) is 0 Å². The lowest BCUT2D eigenvalue weighted by Gasteiger charge is -2.39. The van der Waals surface area contributed by atoms with E-state index in [2.05, 4.69) is 0 Å². The van der Waals surface area contributed by atoms with Crippen LogP contribution < -0.4 is 0 Å². The van der Waals surface area contributed by atoms with Crippen molar-refractivity contribution in [1.29, 1.82) is 0 Å². The van der Waals surface area contributed by atoms with Crippen molar-refractivity contribution < 1.29 is 13.6 Å². The van der Waals surface area contributed by atoms with Gasteiger partial charge in [-0.3, -0.25) is 4.79 Å². The lowest BCUT2D eigenvalue weighted by atomic mass is 9.70. The molecule has 1 nitrogen and oxygen atoms in total. The molecule has 0 aromatic heterocycles. The third-order valence-corrected chi connectivity index (χ3v) is 3.62. The van der Waals surface area contributed by atoms with Crippen LogP contribution in [0, 0.1) is 17.8 Å². The number of Topliss-reactive ketones (excluding diaryl/α,β-unsaturated/α-hetero) is 1. The van der Waals surface area contributed by atoms with E-state index in [1.807, 2.05) is 6.92 Å². The van der Waals surface area contributed by atoms with Gasteiger partial charge in [0.15, 0.2) is 0 Å². The smallest absolute Gasteiger partial charge is 0.253 e. The summed E-state index contributed by atoms with van der Waals surface area (Å²) in [6, 6.07) is 0. The molecule has 0 saturated heterocycles. The van der Waals surface area contributed by atoms with Crippen molar-refractivity contribution in [1.82, 2.24) is 0 Å². The highest BCUT2D eigenvalue weighted by Gasteiger charge is 2.49. The van der Waals surface area contributed by atoms with Gasteiger partial charge in [0.05, 0.1) is 0 Å². The van der Waals surface area contributed by atoms with Gasteiger partial charge in [-0.1, -0.05) is 20.3 Å². The summed E-state index contributed by atoms with van der Waals surface area (Å²) >= 11 is 0. The molecule has 1 saturated carbocycles. The Hall–Kier alpha value is -0.470. The molecule has 0 aromatic rings. The summed E-state index contributed by atoms with van der Waals surface area (Å²) in [6.07, 6.45) is 2.02. The molecule has 3 atom stereocenters. The van der Waals surface area contributed by atoms with Crippen molar-refractivity contribution in [3.8, 4) is 0 Å². The van der Waals surface area contributed by atoms with Gasteiger partial charge in [-0.2, -0.15) is 0 Å². The zero-order valence-corrected chi connectivity index (χ0v) is 9.72. The van der Waals surface area contributed by atoms with Crippen molar-refractivity contribution >= 4 is 5.78 Å². The summed E-state index contributed by atoms with van der Waals surface area (Å²) < 4.78 is 27.5. The maximum atomic E-state index is 13.8. The normalized spacial score (nSPS) is 35.1. The fraction of sp³-hybridized carbons (Fsp3) is 0.917. The molecule has 1 rings (SSSR count). The van der Waals surface area contributed by atoms with Gasteiger partial charge in [0.25, 0.3) is 5.92 Å². The summed E-state index contributed by atoms with van der Waals surface area (Å²) in [4.78, 5) is 11.3. The van der Waals surface area contributed by atoms with E-state index in [1.165, 1.54) is 6.92 Å². The molecule has 3 unspecified atom stereocenters. The predicted octanol–water partition coefficient (Wildman–Crippen LogP) is 3.67. The first-order valence-electron chi connectivity index (χ1n) is 5.77. The Balaban J connectivity index is 2.77. The molecular formula is C12H20F2O. The van der Waals surface area contributed by atoms with Crippen LogP contribution in [0.15, 0.2) is 0 Å². The number of alkyl halides is 2. The zero-order valence-electron chi connectivity index (χ0n) is 9.72. The summed E-state index contributed by atoms with van der Waals surface area (Å²) in [5, 5.41) is 0. The Kier molecular flexibility index (Phi) is 3.85. The molecule has 1 aliphatic carbocycles. The van der Waals surface area contributed by atoms with E-state index in [9.17, 15) is 13.6 Å². The van der Waals surface area contributed by atoms with Gasteiger partial charge in [0.1, 0.15) is 5.78 Å². The Bertz CT molecular complexity index is 238. The second-order valence-corrected chi connectivity index (χ2v) is 4.84. The summed E-state index contributed by atoms with van der Waals surface area (Å²) in [7, 11) is 0. The van der Waals surface area contributed by atoms with Crippen molar-refractivity contribution in [2.24, 2.45) is 17.8 Å². The number of hydrogen-bond acceptors (Lipinski definition) is 1. The Morgan fingerprint density at radius 2 is 2.00 bits per heavy atom. The highest BCUT2D eigenvalue weighted by atomic mass is 19.3. The van der Waals surface area contributed by atoms with E-state index >= 15 is 0 Å². The first kappa shape index (κ1) is 12.6. The molecule has 0 radical (unpaired) electrons. The number of ketones is 1. The Labute approximate surface area is 90.2 Å². The first-order valence-corrected chi connectivity index (χ1v) is 5.77. The third-order valence-electron chi connectivity index (χ3n) is 3.62. The molecule has 0 aromatic carbocycles. The molecule has 3 heteroatoms. The molecule has 0 heterocycles. The van der Waals surface area contributed by atoms with Crippen LogP contribution in [0.3, 0.4) is 0 Å². The minimum Gasteiger partial charge on any atom is -0.300 e. The standard InChI is InChI=1S/C12H20F2O/c1-4-5-11-7-10(9(3)15)6-8(2)12(11,13)14/h8,10-11H,4-7H2,1-3H3. The van der Waals surface area contributed by atoms with Gasteiger partial charge in [-0.05, 0) is 26.2 Å². The van der Waals surface area contributed by atoms with Crippen LogP contribution in [0.2, 0.25) is 0 Å². The number of hydrogen-bond donors (Lipinski definition) is 0. The van der Waals surface area contributed by atoms with Crippen LogP contribution >= 0.6 is 0 Å². The SMILES string of the molecule is CCCC1CC(C(C)=O)CC(C)C1(F)F. The van der Waals surface area contributed by atoms with Gasteiger partial charge in [0.2, 0.25) is 0 Å². The number of carbonyl (C=O) groups is 1. The molecule has 88 valence electrons. The molecule has 0 aliphatic heterocycles. The highest BCUT2D eigenvalue weighted by molar-refractivity contribution is 5.78. The molecule has 0 bridgehead atoms. The average molecular weight is 218 g/mol. The van der Waals surface area contributed by atoms with Crippen LogP contribution in [-0.4, -0.2) is 11.7 Å². The predicted molar refractivity (Wildman–Crippen MR) is 55.9 cm³/mol. The van der Waals surface area contributed by atoms with Crippen molar-refractivity contribution in [2.45, 2.75) is 52.4 Å². The van der Waals surface area contributed by atoms with Crippen molar-refractivity contribution in [3.05, 3.63) is 0 Å². The molecule has 0 spiro atoms. The van der Waals surface area contributed by atoms with Crippen LogP contribution in [0.25, 0.3) is 0 Å². The molecule has 1 fully saturated rings. The summed E-state index contributed by atoms with van der Waals surface area (Å²) in [6.45, 7) is 5.00. The van der Waals surface area contributed by atoms with E-state index < -0.39 is 17.8 Å². The Morgan fingerprint density at radius 1 is 1.40 bits per heavy atom. The largest absolute Gasteiger partial charge is 0.300 e. The van der Waals surface area contributed by atoms with Crippen LogP contribution in [0.4, 0.5) is 8.78 Å².